The highest BCUT2D eigenvalue weighted by molar-refractivity contribution is 5.94. The number of nitrogens with zero attached hydrogens (tertiary/aromatic N) is 3. The van der Waals surface area contributed by atoms with E-state index in [-0.39, 0.29) is 5.56 Å². The lowest BCUT2D eigenvalue weighted by molar-refractivity contribution is -0.137. The van der Waals surface area contributed by atoms with Crippen LogP contribution in [-0.4, -0.2) is 21.2 Å². The van der Waals surface area contributed by atoms with Gasteiger partial charge in [0.2, 0.25) is 0 Å². The van der Waals surface area contributed by atoms with Crippen LogP contribution in [0.5, 0.6) is 0 Å². The zero-order valence-corrected chi connectivity index (χ0v) is 14.8. The first kappa shape index (κ1) is 19.5. The third-order valence-electron chi connectivity index (χ3n) is 4.39. The molecule has 1 atom stereocenters. The second-order valence-corrected chi connectivity index (χ2v) is 7.16. The molecule has 1 unspecified atom stereocenters. The summed E-state index contributed by atoms with van der Waals surface area (Å²) >= 11 is 0. The normalized spacial score (nSPS) is 14.4. The van der Waals surface area contributed by atoms with Crippen molar-refractivity contribution < 1.29 is 18.0 Å². The van der Waals surface area contributed by atoms with Crippen molar-refractivity contribution in [1.82, 2.24) is 15.1 Å². The second kappa shape index (κ2) is 6.48. The van der Waals surface area contributed by atoms with Gasteiger partial charge in [-0.1, -0.05) is 20.8 Å². The Balaban J connectivity index is 2.22. The van der Waals surface area contributed by atoms with Crippen LogP contribution in [0.15, 0.2) is 36.7 Å². The number of aromatic nitrogens is 2. The number of halogens is 3. The zero-order chi connectivity index (χ0) is 19.8. The number of carbonyl (C=O) groups is 1. The lowest BCUT2D eigenvalue weighted by Crippen LogP contribution is -2.53. The van der Waals surface area contributed by atoms with E-state index in [1.54, 1.807) is 6.92 Å². The van der Waals surface area contributed by atoms with Crippen molar-refractivity contribution in [2.75, 3.05) is 0 Å². The number of nitrogens with one attached hydrogen (secondary N) is 1. The van der Waals surface area contributed by atoms with Crippen LogP contribution in [0.1, 0.15) is 43.6 Å². The molecule has 8 heteroatoms. The van der Waals surface area contributed by atoms with E-state index in [2.05, 4.69) is 16.5 Å². The van der Waals surface area contributed by atoms with Crippen LogP contribution in [0.3, 0.4) is 0 Å². The monoisotopic (exact) mass is 364 g/mol. The molecule has 1 amide bonds. The van der Waals surface area contributed by atoms with Gasteiger partial charge in [-0.3, -0.25) is 4.79 Å². The molecular formula is C18H19F3N4O. The molecular weight excluding hydrogens is 345 g/mol. The van der Waals surface area contributed by atoms with E-state index in [4.69, 9.17) is 0 Å². The van der Waals surface area contributed by atoms with Gasteiger partial charge < -0.3 is 5.32 Å². The van der Waals surface area contributed by atoms with Crippen LogP contribution < -0.4 is 5.32 Å². The standard InChI is InChI=1S/C18H19F3N4O/c1-16(2,3)17(4,11-22)24-15(26)12-9-23-25(10-12)14-7-5-13(6-8-14)18(19,20)21/h5-10H,1-4H3,(H,24,26). The van der Waals surface area contributed by atoms with Crippen molar-refractivity contribution in [1.29, 1.82) is 5.26 Å². The summed E-state index contributed by atoms with van der Waals surface area (Å²) in [7, 11) is 0. The van der Waals surface area contributed by atoms with Gasteiger partial charge in [-0.2, -0.15) is 23.5 Å². The van der Waals surface area contributed by atoms with Crippen molar-refractivity contribution in [3.8, 4) is 11.8 Å². The molecule has 0 spiro atoms. The maximum atomic E-state index is 12.6. The molecule has 5 nitrogen and oxygen atoms in total. The summed E-state index contributed by atoms with van der Waals surface area (Å²) in [6, 6.07) is 6.55. The van der Waals surface area contributed by atoms with Crippen LogP contribution in [0, 0.1) is 16.7 Å². The zero-order valence-electron chi connectivity index (χ0n) is 14.8. The number of benzene rings is 1. The summed E-state index contributed by atoms with van der Waals surface area (Å²) < 4.78 is 39.2. The van der Waals surface area contributed by atoms with Crippen LogP contribution >= 0.6 is 0 Å². The van der Waals surface area contributed by atoms with Crippen molar-refractivity contribution in [3.05, 3.63) is 47.8 Å². The largest absolute Gasteiger partial charge is 0.416 e. The maximum absolute atomic E-state index is 12.6. The minimum absolute atomic E-state index is 0.204. The first-order valence-electron chi connectivity index (χ1n) is 7.83. The SMILES string of the molecule is CC(C)(C)C(C)(C#N)NC(=O)c1cnn(-c2ccc(C(F)(F)F)cc2)c1. The molecule has 0 radical (unpaired) electrons. The number of hydrogen-bond acceptors (Lipinski definition) is 3. The van der Waals surface area contributed by atoms with Gasteiger partial charge >= 0.3 is 6.18 Å². The molecule has 0 bridgehead atoms. The molecule has 0 saturated heterocycles. The molecule has 0 fully saturated rings. The fourth-order valence-corrected chi connectivity index (χ4v) is 2.07. The van der Waals surface area contributed by atoms with E-state index in [1.807, 2.05) is 20.8 Å². The quantitative estimate of drug-likeness (QED) is 0.896. The number of amides is 1. The highest BCUT2D eigenvalue weighted by atomic mass is 19.4. The van der Waals surface area contributed by atoms with Gasteiger partial charge in [0.05, 0.1) is 29.1 Å². The van der Waals surface area contributed by atoms with E-state index in [9.17, 15) is 23.2 Å². The van der Waals surface area contributed by atoms with E-state index in [0.29, 0.717) is 5.69 Å². The summed E-state index contributed by atoms with van der Waals surface area (Å²) in [5, 5.41) is 16.1. The molecule has 1 N–H and O–H groups in total. The van der Waals surface area contributed by atoms with Gasteiger partial charge in [0.25, 0.3) is 5.91 Å². The van der Waals surface area contributed by atoms with Crippen molar-refractivity contribution >= 4 is 5.91 Å². The molecule has 0 aliphatic carbocycles. The van der Waals surface area contributed by atoms with Gasteiger partial charge in [-0.25, -0.2) is 4.68 Å². The number of hydrogen-bond donors (Lipinski definition) is 1. The summed E-state index contributed by atoms with van der Waals surface area (Å²) in [6.07, 6.45) is -1.71. The van der Waals surface area contributed by atoms with Crippen molar-refractivity contribution in [2.45, 2.75) is 39.4 Å². The first-order chi connectivity index (χ1) is 11.9. The lowest BCUT2D eigenvalue weighted by Gasteiger charge is -2.36. The van der Waals surface area contributed by atoms with Crippen LogP contribution in [0.2, 0.25) is 0 Å². The number of carbonyl (C=O) groups excluding carboxylic acids is 1. The van der Waals surface area contributed by atoms with Gasteiger partial charge in [-0.15, -0.1) is 0 Å². The molecule has 138 valence electrons. The topological polar surface area (TPSA) is 70.7 Å². The summed E-state index contributed by atoms with van der Waals surface area (Å²) in [5.74, 6) is -0.484. The Kier molecular flexibility index (Phi) is 4.86. The Hall–Kier alpha value is -2.82. The Morgan fingerprint density at radius 2 is 1.73 bits per heavy atom. The van der Waals surface area contributed by atoms with Crippen LogP contribution in [-0.2, 0) is 6.18 Å². The summed E-state index contributed by atoms with van der Waals surface area (Å²) in [6.45, 7) is 7.14. The fraction of sp³-hybridized carbons (Fsp3) is 0.389. The third-order valence-corrected chi connectivity index (χ3v) is 4.39. The van der Waals surface area contributed by atoms with Gasteiger partial charge in [0, 0.05) is 6.20 Å². The molecule has 0 aliphatic rings. The summed E-state index contributed by atoms with van der Waals surface area (Å²) in [4.78, 5) is 12.4. The number of rotatable bonds is 3. The van der Waals surface area contributed by atoms with E-state index in [1.165, 1.54) is 29.2 Å². The third kappa shape index (κ3) is 3.87. The molecule has 0 aliphatic heterocycles. The predicted octanol–water partition coefficient (Wildman–Crippen LogP) is 3.95. The molecule has 1 heterocycles. The molecule has 1 aromatic heterocycles. The van der Waals surface area contributed by atoms with Crippen LogP contribution in [0.25, 0.3) is 5.69 Å². The Bertz CT molecular complexity index is 841. The highest BCUT2D eigenvalue weighted by Crippen LogP contribution is 2.30. The van der Waals surface area contributed by atoms with Gasteiger partial charge in [0.15, 0.2) is 0 Å². The molecule has 1 aromatic carbocycles. The first-order valence-corrected chi connectivity index (χ1v) is 7.83. The van der Waals surface area contributed by atoms with Crippen LogP contribution in [0.4, 0.5) is 13.2 Å². The predicted molar refractivity (Wildman–Crippen MR) is 89.5 cm³/mol. The number of nitriles is 1. The van der Waals surface area contributed by atoms with E-state index < -0.39 is 28.6 Å². The van der Waals surface area contributed by atoms with Crippen molar-refractivity contribution in [2.24, 2.45) is 5.41 Å². The second-order valence-electron chi connectivity index (χ2n) is 7.16. The van der Waals surface area contributed by atoms with E-state index >= 15 is 0 Å². The minimum Gasteiger partial charge on any atom is -0.333 e. The smallest absolute Gasteiger partial charge is 0.333 e. The van der Waals surface area contributed by atoms with Crippen molar-refractivity contribution in [3.63, 3.8) is 0 Å². The Morgan fingerprint density at radius 3 is 2.19 bits per heavy atom. The molecule has 2 aromatic rings. The maximum Gasteiger partial charge on any atom is 0.416 e. The Morgan fingerprint density at radius 1 is 1.15 bits per heavy atom. The average Bonchev–Trinajstić information content (AvgIpc) is 3.03. The fourth-order valence-electron chi connectivity index (χ4n) is 2.07. The molecule has 2 rings (SSSR count). The Labute approximate surface area is 149 Å². The minimum atomic E-state index is -4.41. The van der Waals surface area contributed by atoms with E-state index in [0.717, 1.165) is 12.1 Å². The molecule has 0 saturated carbocycles. The highest BCUT2D eigenvalue weighted by Gasteiger charge is 2.39. The lowest BCUT2D eigenvalue weighted by atomic mass is 9.76. The van der Waals surface area contributed by atoms with Gasteiger partial charge in [-0.05, 0) is 36.6 Å². The average molecular weight is 364 g/mol. The molecule has 26 heavy (non-hydrogen) atoms. The number of alkyl halides is 3. The van der Waals surface area contributed by atoms with Gasteiger partial charge in [0.1, 0.15) is 5.54 Å². The summed E-state index contributed by atoms with van der Waals surface area (Å²) in [5.41, 5.74) is -1.77.